The van der Waals surface area contributed by atoms with Gasteiger partial charge in [0, 0.05) is 24.3 Å². The summed E-state index contributed by atoms with van der Waals surface area (Å²) in [6.45, 7) is 0. The first kappa shape index (κ1) is 22.4. The Morgan fingerprint density at radius 1 is 1.00 bits per heavy atom. The number of nitriles is 1. The quantitative estimate of drug-likeness (QED) is 0.428. The van der Waals surface area contributed by atoms with Crippen molar-refractivity contribution in [2.75, 3.05) is 7.11 Å². The van der Waals surface area contributed by atoms with Crippen LogP contribution in [0.2, 0.25) is 0 Å². The molecule has 4 nitrogen and oxygen atoms in total. The second kappa shape index (κ2) is 10.7. The Hall–Kier alpha value is -3.84. The molecule has 2 atom stereocenters. The molecule has 4 rings (SSSR count). The predicted molar refractivity (Wildman–Crippen MR) is 129 cm³/mol. The van der Waals surface area contributed by atoms with Crippen LogP contribution in [0.15, 0.2) is 90.5 Å². The number of aryl methyl sites for hydroxylation is 1. The van der Waals surface area contributed by atoms with Crippen LogP contribution in [-0.4, -0.2) is 19.0 Å². The fourth-order valence-electron chi connectivity index (χ4n) is 4.31. The first-order valence-electron chi connectivity index (χ1n) is 11.2. The van der Waals surface area contributed by atoms with E-state index < -0.39 is 0 Å². The van der Waals surface area contributed by atoms with Crippen LogP contribution in [-0.2, 0) is 16.0 Å². The van der Waals surface area contributed by atoms with Crippen molar-refractivity contribution >= 4 is 11.5 Å². The molecule has 4 heteroatoms. The molecule has 0 N–H and O–H groups in total. The lowest BCUT2D eigenvalue weighted by Gasteiger charge is -2.32. The molecular weight excluding hydrogens is 410 g/mol. The Bertz CT molecular complexity index is 1140. The summed E-state index contributed by atoms with van der Waals surface area (Å²) >= 11 is 0. The standard InChI is InChI=1S/C29H27NO3/c1-32-25-16-13-22(14-17-25)27-19-26(18-24(31)15-12-21-8-4-2-5-9-21)33-29(28(27)20-30)23-10-6-3-7-11-23/h2-11,13-14,16-17,26-27H,12,15,18-19H2,1H3/t26-,27-/m1/s1. The number of carbonyl (C=O) groups is 1. The van der Waals surface area contributed by atoms with E-state index in [4.69, 9.17) is 9.47 Å². The van der Waals surface area contributed by atoms with Crippen LogP contribution in [0.3, 0.4) is 0 Å². The fourth-order valence-corrected chi connectivity index (χ4v) is 4.31. The minimum atomic E-state index is -0.285. The number of Topliss-reactive ketones (excluding diaryl/α,β-unsaturated/α-hetero) is 1. The lowest BCUT2D eigenvalue weighted by molar-refractivity contribution is -0.121. The zero-order valence-corrected chi connectivity index (χ0v) is 18.7. The molecule has 1 aliphatic heterocycles. The molecule has 0 spiro atoms. The van der Waals surface area contributed by atoms with Crippen LogP contribution in [0.5, 0.6) is 5.75 Å². The van der Waals surface area contributed by atoms with Gasteiger partial charge >= 0.3 is 0 Å². The Balaban J connectivity index is 1.58. The number of benzene rings is 3. The van der Waals surface area contributed by atoms with Gasteiger partial charge in [0.25, 0.3) is 0 Å². The van der Waals surface area contributed by atoms with E-state index in [1.54, 1.807) is 7.11 Å². The van der Waals surface area contributed by atoms with Gasteiger partial charge in [0.2, 0.25) is 0 Å². The van der Waals surface area contributed by atoms with Crippen molar-refractivity contribution in [3.63, 3.8) is 0 Å². The lowest BCUT2D eigenvalue weighted by atomic mass is 9.82. The molecular formula is C29H27NO3. The van der Waals surface area contributed by atoms with Crippen LogP contribution in [0.4, 0.5) is 0 Å². The van der Waals surface area contributed by atoms with Crippen molar-refractivity contribution < 1.29 is 14.3 Å². The molecule has 0 radical (unpaired) electrons. The average Bonchev–Trinajstić information content (AvgIpc) is 2.88. The van der Waals surface area contributed by atoms with Gasteiger partial charge in [0.05, 0.1) is 18.8 Å². The van der Waals surface area contributed by atoms with Gasteiger partial charge in [-0.05, 0) is 36.1 Å². The molecule has 166 valence electrons. The summed E-state index contributed by atoms with van der Waals surface area (Å²) in [6.07, 6.45) is 1.83. The molecule has 1 aliphatic rings. The molecule has 0 fully saturated rings. The third kappa shape index (κ3) is 5.51. The summed E-state index contributed by atoms with van der Waals surface area (Å²) in [4.78, 5) is 12.8. The minimum absolute atomic E-state index is 0.142. The maximum Gasteiger partial charge on any atom is 0.141 e. The smallest absolute Gasteiger partial charge is 0.141 e. The number of allylic oxidation sites excluding steroid dienone is 1. The monoisotopic (exact) mass is 437 g/mol. The number of ether oxygens (including phenoxy) is 2. The van der Waals surface area contributed by atoms with Gasteiger partial charge in [-0.15, -0.1) is 0 Å². The highest BCUT2D eigenvalue weighted by molar-refractivity contribution is 5.80. The lowest BCUT2D eigenvalue weighted by Crippen LogP contribution is -2.26. The van der Waals surface area contributed by atoms with Crippen LogP contribution in [0.25, 0.3) is 5.76 Å². The highest BCUT2D eigenvalue weighted by atomic mass is 16.5. The van der Waals surface area contributed by atoms with Gasteiger partial charge in [-0.3, -0.25) is 4.79 Å². The number of rotatable bonds is 8. The predicted octanol–water partition coefficient (Wildman–Crippen LogP) is 6.09. The van der Waals surface area contributed by atoms with Crippen molar-refractivity contribution in [1.29, 1.82) is 5.26 Å². The van der Waals surface area contributed by atoms with Crippen molar-refractivity contribution in [2.24, 2.45) is 0 Å². The van der Waals surface area contributed by atoms with Gasteiger partial charge in [-0.2, -0.15) is 5.26 Å². The number of methoxy groups -OCH3 is 1. The minimum Gasteiger partial charge on any atom is -0.497 e. The average molecular weight is 438 g/mol. The molecule has 1 heterocycles. The summed E-state index contributed by atoms with van der Waals surface area (Å²) in [5.74, 6) is 1.37. The molecule has 33 heavy (non-hydrogen) atoms. The van der Waals surface area contributed by atoms with Crippen LogP contribution < -0.4 is 4.74 Å². The van der Waals surface area contributed by atoms with Crippen LogP contribution in [0, 0.1) is 11.3 Å². The zero-order valence-electron chi connectivity index (χ0n) is 18.7. The summed E-state index contributed by atoms with van der Waals surface area (Å²) in [6, 6.07) is 29.9. The van der Waals surface area contributed by atoms with E-state index in [1.165, 1.54) is 0 Å². The second-order valence-electron chi connectivity index (χ2n) is 8.25. The second-order valence-corrected chi connectivity index (χ2v) is 8.25. The fraction of sp³-hybridized carbons (Fsp3) is 0.241. The summed E-state index contributed by atoms with van der Waals surface area (Å²) in [5.41, 5.74) is 3.63. The van der Waals surface area contributed by atoms with Gasteiger partial charge in [0.15, 0.2) is 0 Å². The molecule has 0 aromatic heterocycles. The van der Waals surface area contributed by atoms with E-state index in [9.17, 15) is 10.1 Å². The van der Waals surface area contributed by atoms with Crippen molar-refractivity contribution in [1.82, 2.24) is 0 Å². The van der Waals surface area contributed by atoms with Crippen molar-refractivity contribution in [3.05, 3.63) is 107 Å². The Labute approximate surface area is 195 Å². The third-order valence-corrected chi connectivity index (χ3v) is 6.04. The maximum absolute atomic E-state index is 12.8. The molecule has 0 amide bonds. The summed E-state index contributed by atoms with van der Waals surface area (Å²) < 4.78 is 11.6. The number of ketones is 1. The van der Waals surface area contributed by atoms with Crippen LogP contribution in [0.1, 0.15) is 41.9 Å². The summed E-state index contributed by atoms with van der Waals surface area (Å²) in [7, 11) is 1.63. The van der Waals surface area contributed by atoms with Gasteiger partial charge < -0.3 is 9.47 Å². The van der Waals surface area contributed by atoms with Gasteiger partial charge in [-0.1, -0.05) is 72.8 Å². The number of hydrogen-bond acceptors (Lipinski definition) is 4. The highest BCUT2D eigenvalue weighted by Gasteiger charge is 2.33. The molecule has 0 bridgehead atoms. The number of carbonyl (C=O) groups excluding carboxylic acids is 1. The first-order chi connectivity index (χ1) is 16.2. The zero-order chi connectivity index (χ0) is 23.0. The molecule has 0 saturated heterocycles. The molecule has 0 aliphatic carbocycles. The topological polar surface area (TPSA) is 59.3 Å². The van der Waals surface area contributed by atoms with E-state index in [2.05, 4.69) is 6.07 Å². The van der Waals surface area contributed by atoms with E-state index in [1.807, 2.05) is 84.9 Å². The van der Waals surface area contributed by atoms with E-state index >= 15 is 0 Å². The maximum atomic E-state index is 12.8. The normalized spacial score (nSPS) is 17.7. The van der Waals surface area contributed by atoms with Gasteiger partial charge in [-0.25, -0.2) is 0 Å². The van der Waals surface area contributed by atoms with Crippen molar-refractivity contribution in [2.45, 2.75) is 37.7 Å². The molecule has 3 aromatic rings. The molecule has 3 aromatic carbocycles. The summed E-state index contributed by atoms with van der Waals surface area (Å²) in [5, 5.41) is 10.1. The van der Waals surface area contributed by atoms with E-state index in [0.29, 0.717) is 30.6 Å². The number of hydrogen-bond donors (Lipinski definition) is 0. The SMILES string of the molecule is COc1ccc([C@H]2C[C@@H](CC(=O)CCc3ccccc3)OC(c3ccccc3)=C2C#N)cc1. The van der Waals surface area contributed by atoms with Gasteiger partial charge in [0.1, 0.15) is 23.4 Å². The van der Waals surface area contributed by atoms with E-state index in [0.717, 1.165) is 28.9 Å². The highest BCUT2D eigenvalue weighted by Crippen LogP contribution is 2.41. The van der Waals surface area contributed by atoms with Crippen LogP contribution >= 0.6 is 0 Å². The third-order valence-electron chi connectivity index (χ3n) is 6.04. The Morgan fingerprint density at radius 2 is 1.67 bits per heavy atom. The number of nitrogens with zero attached hydrogens (tertiary/aromatic N) is 1. The first-order valence-corrected chi connectivity index (χ1v) is 11.2. The molecule has 0 saturated carbocycles. The Morgan fingerprint density at radius 3 is 2.30 bits per heavy atom. The Kier molecular flexibility index (Phi) is 7.22. The molecule has 0 unspecified atom stereocenters. The largest absolute Gasteiger partial charge is 0.497 e. The van der Waals surface area contributed by atoms with Crippen molar-refractivity contribution in [3.8, 4) is 11.8 Å². The van der Waals surface area contributed by atoms with E-state index in [-0.39, 0.29) is 17.8 Å².